The van der Waals surface area contributed by atoms with Gasteiger partial charge in [0.1, 0.15) is 17.2 Å². The minimum absolute atomic E-state index is 0.276. The van der Waals surface area contributed by atoms with Crippen molar-refractivity contribution in [1.29, 1.82) is 0 Å². The molecule has 0 unspecified atom stereocenters. The number of nitrogens with zero attached hydrogens (tertiary/aromatic N) is 5. The van der Waals surface area contributed by atoms with E-state index < -0.39 is 0 Å². The summed E-state index contributed by atoms with van der Waals surface area (Å²) in [7, 11) is 0. The van der Waals surface area contributed by atoms with Crippen molar-refractivity contribution in [2.45, 2.75) is 6.42 Å². The molecule has 3 N–H and O–H groups in total. The first kappa shape index (κ1) is 13.4. The molecule has 0 amide bonds. The third-order valence-corrected chi connectivity index (χ3v) is 3.50. The lowest BCUT2D eigenvalue weighted by Gasteiger charge is -2.02. The zero-order valence-corrected chi connectivity index (χ0v) is 11.9. The van der Waals surface area contributed by atoms with Gasteiger partial charge in [0, 0.05) is 12.6 Å². The van der Waals surface area contributed by atoms with Crippen LogP contribution in [0.3, 0.4) is 0 Å². The molecule has 0 saturated carbocycles. The number of benzene rings is 1. The molecule has 0 aliphatic carbocycles. The van der Waals surface area contributed by atoms with Gasteiger partial charge in [0.25, 0.3) is 0 Å². The van der Waals surface area contributed by atoms with Crippen molar-refractivity contribution < 1.29 is 4.39 Å². The molecular weight excluding hydrogens is 297 g/mol. The Morgan fingerprint density at radius 2 is 1.96 bits per heavy atom. The quantitative estimate of drug-likeness (QED) is 0.602. The summed E-state index contributed by atoms with van der Waals surface area (Å²) in [5.41, 5.74) is 9.48. The summed E-state index contributed by atoms with van der Waals surface area (Å²) in [6, 6.07) is 9.81. The van der Waals surface area contributed by atoms with E-state index in [1.807, 2.05) is 12.3 Å². The second-order valence-electron chi connectivity index (χ2n) is 5.11. The maximum atomic E-state index is 13.0. The van der Waals surface area contributed by atoms with Crippen LogP contribution < -0.4 is 5.73 Å². The van der Waals surface area contributed by atoms with Crippen molar-refractivity contribution >= 4 is 17.0 Å². The molecule has 0 spiro atoms. The smallest absolute Gasteiger partial charge is 0.203 e. The summed E-state index contributed by atoms with van der Waals surface area (Å²) in [4.78, 5) is 4.11. The van der Waals surface area contributed by atoms with Crippen LogP contribution in [0.25, 0.3) is 16.9 Å². The lowest BCUT2D eigenvalue weighted by Crippen LogP contribution is -1.99. The van der Waals surface area contributed by atoms with Gasteiger partial charge in [-0.15, -0.1) is 5.10 Å². The number of nitrogens with one attached hydrogen (secondary N) is 1. The normalized spacial score (nSPS) is 11.2. The first-order valence-electron chi connectivity index (χ1n) is 6.95. The molecule has 0 aliphatic rings. The number of hydrogen-bond acceptors (Lipinski definition) is 5. The summed E-state index contributed by atoms with van der Waals surface area (Å²) >= 11 is 0. The largest absolute Gasteiger partial charge is 0.384 e. The van der Waals surface area contributed by atoms with E-state index in [1.165, 1.54) is 12.1 Å². The second-order valence-corrected chi connectivity index (χ2v) is 5.11. The lowest BCUT2D eigenvalue weighted by atomic mass is 10.1. The Morgan fingerprint density at radius 1 is 1.13 bits per heavy atom. The van der Waals surface area contributed by atoms with E-state index in [1.54, 1.807) is 22.9 Å². The number of hydrogen-bond donors (Lipinski definition) is 2. The molecule has 23 heavy (non-hydrogen) atoms. The van der Waals surface area contributed by atoms with Crippen LogP contribution in [-0.4, -0.2) is 30.2 Å². The zero-order valence-electron chi connectivity index (χ0n) is 11.9. The van der Waals surface area contributed by atoms with Crippen LogP contribution in [0, 0.1) is 5.82 Å². The Labute approximate surface area is 130 Å². The van der Waals surface area contributed by atoms with E-state index in [0.717, 1.165) is 16.9 Å². The number of halogens is 1. The van der Waals surface area contributed by atoms with Crippen LogP contribution in [0.2, 0.25) is 0 Å². The topological polar surface area (TPSA) is 98.3 Å². The average molecular weight is 309 g/mol. The number of fused-ring (bicyclic) bond motifs is 1. The number of nitrogen functional groups attached to an aromatic ring is 1. The highest BCUT2D eigenvalue weighted by molar-refractivity contribution is 5.75. The van der Waals surface area contributed by atoms with E-state index in [9.17, 15) is 4.39 Å². The minimum atomic E-state index is -0.276. The Kier molecular flexibility index (Phi) is 3.00. The number of pyridine rings is 1. The van der Waals surface area contributed by atoms with Crippen molar-refractivity contribution in [2.24, 2.45) is 0 Å². The molecule has 0 radical (unpaired) electrons. The van der Waals surface area contributed by atoms with Gasteiger partial charge in [-0.25, -0.2) is 14.1 Å². The van der Waals surface area contributed by atoms with Gasteiger partial charge in [0.05, 0.1) is 11.4 Å². The third-order valence-electron chi connectivity index (χ3n) is 3.50. The molecular formula is C15H12FN7. The predicted octanol–water partition coefficient (Wildman–Crippen LogP) is 1.85. The Balaban J connectivity index is 1.67. The molecule has 114 valence electrons. The van der Waals surface area contributed by atoms with E-state index in [2.05, 4.69) is 25.5 Å². The maximum absolute atomic E-state index is 13.0. The van der Waals surface area contributed by atoms with Crippen molar-refractivity contribution in [3.63, 3.8) is 0 Å². The lowest BCUT2D eigenvalue weighted by molar-refractivity contribution is 0.627. The molecule has 4 rings (SSSR count). The number of anilines is 1. The van der Waals surface area contributed by atoms with Crippen molar-refractivity contribution in [3.05, 3.63) is 59.7 Å². The standard InChI is InChI=1S/C15H12FN7/c16-10-1-3-12(4-2-10)23-6-5-11(21-23)7-9-8-13(17)18-15-14(9)19-22-20-15/h1-6,8H,7H2,(H3,17,18,19,20,22). The maximum Gasteiger partial charge on any atom is 0.203 e. The van der Waals surface area contributed by atoms with Gasteiger partial charge in [-0.2, -0.15) is 15.4 Å². The van der Waals surface area contributed by atoms with E-state index in [-0.39, 0.29) is 5.82 Å². The summed E-state index contributed by atoms with van der Waals surface area (Å²) < 4.78 is 14.7. The summed E-state index contributed by atoms with van der Waals surface area (Å²) in [5, 5.41) is 15.1. The number of aromatic nitrogens is 6. The molecule has 3 aromatic heterocycles. The molecule has 0 bridgehead atoms. The molecule has 8 heteroatoms. The van der Waals surface area contributed by atoms with Crippen molar-refractivity contribution in [2.75, 3.05) is 5.73 Å². The Bertz CT molecular complexity index is 971. The minimum Gasteiger partial charge on any atom is -0.384 e. The highest BCUT2D eigenvalue weighted by Gasteiger charge is 2.11. The van der Waals surface area contributed by atoms with E-state index >= 15 is 0 Å². The number of aromatic amines is 1. The summed E-state index contributed by atoms with van der Waals surface area (Å²) in [6.45, 7) is 0. The fourth-order valence-corrected chi connectivity index (χ4v) is 2.44. The molecule has 1 aromatic carbocycles. The van der Waals surface area contributed by atoms with Gasteiger partial charge in [-0.05, 0) is 42.0 Å². The molecule has 4 aromatic rings. The molecule has 0 aliphatic heterocycles. The van der Waals surface area contributed by atoms with Crippen LogP contribution in [0.4, 0.5) is 10.2 Å². The van der Waals surface area contributed by atoms with Gasteiger partial charge in [0.15, 0.2) is 0 Å². The molecule has 0 atom stereocenters. The second kappa shape index (κ2) is 5.16. The van der Waals surface area contributed by atoms with Crippen molar-refractivity contribution in [1.82, 2.24) is 30.2 Å². The highest BCUT2D eigenvalue weighted by Crippen LogP contribution is 2.19. The van der Waals surface area contributed by atoms with Crippen LogP contribution in [0.15, 0.2) is 42.6 Å². The fourth-order valence-electron chi connectivity index (χ4n) is 2.44. The molecule has 3 heterocycles. The van der Waals surface area contributed by atoms with Crippen molar-refractivity contribution in [3.8, 4) is 5.69 Å². The first-order chi connectivity index (χ1) is 11.2. The first-order valence-corrected chi connectivity index (χ1v) is 6.95. The number of rotatable bonds is 3. The van der Waals surface area contributed by atoms with Crippen LogP contribution in [-0.2, 0) is 6.42 Å². The van der Waals surface area contributed by atoms with Crippen LogP contribution in [0.5, 0.6) is 0 Å². The zero-order chi connectivity index (χ0) is 15.8. The van der Waals surface area contributed by atoms with Gasteiger partial charge >= 0.3 is 0 Å². The van der Waals surface area contributed by atoms with Crippen LogP contribution in [0.1, 0.15) is 11.3 Å². The fraction of sp³-hybridized carbons (Fsp3) is 0.0667. The Hall–Kier alpha value is -3.29. The van der Waals surface area contributed by atoms with Gasteiger partial charge in [-0.1, -0.05) is 0 Å². The van der Waals surface area contributed by atoms with Gasteiger partial charge in [0.2, 0.25) is 5.65 Å². The highest BCUT2D eigenvalue weighted by atomic mass is 19.1. The van der Waals surface area contributed by atoms with Gasteiger partial charge < -0.3 is 5.73 Å². The van der Waals surface area contributed by atoms with E-state index in [4.69, 9.17) is 5.73 Å². The third kappa shape index (κ3) is 2.50. The summed E-state index contributed by atoms with van der Waals surface area (Å²) in [5.74, 6) is 0.112. The summed E-state index contributed by atoms with van der Waals surface area (Å²) in [6.07, 6.45) is 2.37. The monoisotopic (exact) mass is 309 g/mol. The molecule has 0 fully saturated rings. The predicted molar refractivity (Wildman–Crippen MR) is 82.4 cm³/mol. The van der Waals surface area contributed by atoms with E-state index in [0.29, 0.717) is 23.4 Å². The average Bonchev–Trinajstić information content (AvgIpc) is 3.17. The SMILES string of the molecule is Nc1cc(Cc2ccn(-c3ccc(F)cc3)n2)c2n[nH]nc2n1. The molecule has 7 nitrogen and oxygen atoms in total. The number of nitrogens with two attached hydrogens (primary N) is 1. The Morgan fingerprint density at radius 3 is 2.78 bits per heavy atom. The van der Waals surface area contributed by atoms with Gasteiger partial charge in [-0.3, -0.25) is 0 Å². The van der Waals surface area contributed by atoms with Crippen LogP contribution >= 0.6 is 0 Å². The number of H-pyrrole nitrogens is 1. The molecule has 0 saturated heterocycles.